The molecule has 30 heavy (non-hydrogen) atoms. The molecule has 1 aromatic heterocycles. The van der Waals surface area contributed by atoms with Gasteiger partial charge in [-0.2, -0.15) is 0 Å². The molecule has 2 aromatic carbocycles. The van der Waals surface area contributed by atoms with Crippen LogP contribution < -0.4 is 24.5 Å². The summed E-state index contributed by atoms with van der Waals surface area (Å²) in [4.78, 5) is 19.7. The van der Waals surface area contributed by atoms with Crippen molar-refractivity contribution in [3.05, 3.63) is 50.5 Å². The topological polar surface area (TPSA) is 82.7 Å². The van der Waals surface area contributed by atoms with Gasteiger partial charge in [0.1, 0.15) is 0 Å². The molecule has 0 unspecified atom stereocenters. The van der Waals surface area contributed by atoms with Crippen LogP contribution in [0.1, 0.15) is 18.3 Å². The highest BCUT2D eigenvalue weighted by Gasteiger charge is 2.14. The molecule has 0 bridgehead atoms. The number of nitrogens with zero attached hydrogens (tertiary/aromatic N) is 1. The lowest BCUT2D eigenvalue weighted by Crippen LogP contribution is -2.11. The summed E-state index contributed by atoms with van der Waals surface area (Å²) in [6.07, 6.45) is 1.68. The predicted molar refractivity (Wildman–Crippen MR) is 121 cm³/mol. The Balaban J connectivity index is 2.08. The quantitative estimate of drug-likeness (QED) is 0.505. The molecule has 3 rings (SSSR count). The van der Waals surface area contributed by atoms with E-state index in [2.05, 4.69) is 25.9 Å². The van der Waals surface area contributed by atoms with Crippen LogP contribution in [0.4, 0.5) is 0 Å². The number of fused-ring (bicyclic) bond motifs is 1. The summed E-state index contributed by atoms with van der Waals surface area (Å²) in [7, 11) is 4.58. The number of hydrogen-bond acceptors (Lipinski definition) is 6. The van der Waals surface area contributed by atoms with Gasteiger partial charge in [-0.25, -0.2) is 4.98 Å². The Labute approximate surface area is 186 Å². The van der Waals surface area contributed by atoms with E-state index in [1.54, 1.807) is 31.4 Å². The maximum Gasteiger partial charge on any atom is 0.259 e. The number of benzene rings is 2. The average molecular weight is 496 g/mol. The third-order valence-corrected chi connectivity index (χ3v) is 5.15. The number of aromatic nitrogens is 2. The monoisotopic (exact) mass is 494 g/mol. The highest BCUT2D eigenvalue weighted by Crippen LogP contribution is 2.38. The second-order valence-electron chi connectivity index (χ2n) is 6.10. The predicted octanol–water partition coefficient (Wildman–Crippen LogP) is 4.85. The van der Waals surface area contributed by atoms with Crippen LogP contribution in [0.25, 0.3) is 22.0 Å². The smallest absolute Gasteiger partial charge is 0.259 e. The normalized spacial score (nSPS) is 11.5. The fraction of sp³-hybridized carbons (Fsp3) is 0.238. The van der Waals surface area contributed by atoms with E-state index in [1.807, 2.05) is 13.0 Å². The summed E-state index contributed by atoms with van der Waals surface area (Å²) < 4.78 is 22.3. The van der Waals surface area contributed by atoms with Gasteiger partial charge < -0.3 is 23.9 Å². The van der Waals surface area contributed by atoms with Crippen molar-refractivity contribution in [1.82, 2.24) is 9.97 Å². The molecule has 9 heteroatoms. The fourth-order valence-corrected chi connectivity index (χ4v) is 3.69. The molecule has 0 aliphatic rings. The standard InChI is InChI=1S/C21H20BrClN2O5/c1-5-30-19-13(22)6-11(8-18(19)29-4)7-14(23)20-24-15-10-17(28-3)16(27-2)9-12(15)21(26)25-20/h6-10H,5H2,1-4H3,(H,24,25,26)/b14-7-. The zero-order valence-corrected chi connectivity index (χ0v) is 19.2. The van der Waals surface area contributed by atoms with Crippen molar-refractivity contribution >= 4 is 49.5 Å². The molecule has 0 aliphatic carbocycles. The summed E-state index contributed by atoms with van der Waals surface area (Å²) in [6.45, 7) is 2.39. The van der Waals surface area contributed by atoms with Crippen molar-refractivity contribution in [2.75, 3.05) is 27.9 Å². The highest BCUT2D eigenvalue weighted by molar-refractivity contribution is 9.10. The van der Waals surface area contributed by atoms with Crippen molar-refractivity contribution in [3.63, 3.8) is 0 Å². The summed E-state index contributed by atoms with van der Waals surface area (Å²) in [5.41, 5.74) is 0.832. The molecule has 3 aromatic rings. The second-order valence-corrected chi connectivity index (χ2v) is 7.36. The summed E-state index contributed by atoms with van der Waals surface area (Å²) in [5.74, 6) is 2.29. The molecule has 1 N–H and O–H groups in total. The highest BCUT2D eigenvalue weighted by atomic mass is 79.9. The van der Waals surface area contributed by atoms with Crippen molar-refractivity contribution in [1.29, 1.82) is 0 Å². The van der Waals surface area contributed by atoms with Gasteiger partial charge in [0, 0.05) is 6.07 Å². The molecular formula is C21H20BrClN2O5. The molecule has 0 aliphatic heterocycles. The Morgan fingerprint density at radius 2 is 1.77 bits per heavy atom. The molecule has 7 nitrogen and oxygen atoms in total. The minimum absolute atomic E-state index is 0.227. The van der Waals surface area contributed by atoms with Crippen LogP contribution in [-0.4, -0.2) is 37.9 Å². The first-order chi connectivity index (χ1) is 14.4. The summed E-state index contributed by atoms with van der Waals surface area (Å²) in [6, 6.07) is 6.83. The number of nitrogens with one attached hydrogen (secondary N) is 1. The first kappa shape index (κ1) is 22.0. The Hall–Kier alpha value is -2.71. The van der Waals surface area contributed by atoms with E-state index >= 15 is 0 Å². The molecule has 0 radical (unpaired) electrons. The molecule has 158 valence electrons. The van der Waals surface area contributed by atoms with Crippen LogP contribution in [0.3, 0.4) is 0 Å². The Kier molecular flexibility index (Phi) is 6.89. The third-order valence-electron chi connectivity index (χ3n) is 4.27. The van der Waals surface area contributed by atoms with Gasteiger partial charge in [-0.15, -0.1) is 0 Å². The average Bonchev–Trinajstić information content (AvgIpc) is 2.74. The van der Waals surface area contributed by atoms with Gasteiger partial charge in [0.05, 0.1) is 48.3 Å². The van der Waals surface area contributed by atoms with E-state index in [4.69, 9.17) is 30.5 Å². The number of H-pyrrole nitrogens is 1. The van der Waals surface area contributed by atoms with Crippen LogP contribution >= 0.6 is 27.5 Å². The maximum atomic E-state index is 12.6. The first-order valence-electron chi connectivity index (χ1n) is 8.95. The van der Waals surface area contributed by atoms with Crippen molar-refractivity contribution in [2.45, 2.75) is 6.92 Å². The van der Waals surface area contributed by atoms with Crippen LogP contribution in [0.2, 0.25) is 0 Å². The maximum absolute atomic E-state index is 12.6. The molecule has 0 spiro atoms. The number of ether oxygens (including phenoxy) is 4. The van der Waals surface area contributed by atoms with Crippen molar-refractivity contribution in [3.8, 4) is 23.0 Å². The molecule has 0 amide bonds. The molecular weight excluding hydrogens is 476 g/mol. The molecule has 0 saturated heterocycles. The Morgan fingerprint density at radius 3 is 2.40 bits per heavy atom. The van der Waals surface area contributed by atoms with Gasteiger partial charge in [0.25, 0.3) is 5.56 Å². The van der Waals surface area contributed by atoms with Crippen LogP contribution in [-0.2, 0) is 0 Å². The van der Waals surface area contributed by atoms with Gasteiger partial charge in [-0.05, 0) is 52.7 Å². The molecule has 1 heterocycles. The van der Waals surface area contributed by atoms with E-state index in [0.717, 1.165) is 10.0 Å². The lowest BCUT2D eigenvalue weighted by Gasteiger charge is -2.12. The van der Waals surface area contributed by atoms with Crippen LogP contribution in [0.5, 0.6) is 23.0 Å². The van der Waals surface area contributed by atoms with Crippen molar-refractivity contribution < 1.29 is 18.9 Å². The van der Waals surface area contributed by atoms with Gasteiger partial charge >= 0.3 is 0 Å². The largest absolute Gasteiger partial charge is 0.493 e. The van der Waals surface area contributed by atoms with Gasteiger partial charge in [-0.1, -0.05) is 11.6 Å². The van der Waals surface area contributed by atoms with E-state index < -0.39 is 0 Å². The number of methoxy groups -OCH3 is 3. The number of aromatic amines is 1. The number of hydrogen-bond donors (Lipinski definition) is 1. The Morgan fingerprint density at radius 1 is 1.10 bits per heavy atom. The van der Waals surface area contributed by atoms with Gasteiger partial charge in [-0.3, -0.25) is 4.79 Å². The lowest BCUT2D eigenvalue weighted by molar-refractivity contribution is 0.309. The third kappa shape index (κ3) is 4.39. The van der Waals surface area contributed by atoms with E-state index in [1.165, 1.54) is 14.2 Å². The van der Waals surface area contributed by atoms with E-state index in [-0.39, 0.29) is 16.4 Å². The minimum Gasteiger partial charge on any atom is -0.493 e. The minimum atomic E-state index is -0.340. The number of halogens is 2. The van der Waals surface area contributed by atoms with Gasteiger partial charge in [0.2, 0.25) is 0 Å². The summed E-state index contributed by atoms with van der Waals surface area (Å²) in [5, 5.41) is 0.619. The van der Waals surface area contributed by atoms with E-state index in [0.29, 0.717) is 40.5 Å². The SMILES string of the molecule is CCOc1c(Br)cc(/C=C(\Cl)c2nc3cc(OC)c(OC)cc3c(=O)[nH]2)cc1OC. The van der Waals surface area contributed by atoms with Crippen LogP contribution in [0.15, 0.2) is 33.5 Å². The molecule has 0 saturated carbocycles. The summed E-state index contributed by atoms with van der Waals surface area (Å²) >= 11 is 9.96. The zero-order chi connectivity index (χ0) is 21.8. The number of rotatable bonds is 7. The van der Waals surface area contributed by atoms with Crippen molar-refractivity contribution in [2.24, 2.45) is 0 Å². The second kappa shape index (κ2) is 9.40. The van der Waals surface area contributed by atoms with Gasteiger partial charge in [0.15, 0.2) is 28.8 Å². The molecule has 0 atom stereocenters. The first-order valence-corrected chi connectivity index (χ1v) is 10.1. The fourth-order valence-electron chi connectivity index (χ4n) is 2.90. The zero-order valence-electron chi connectivity index (χ0n) is 16.8. The molecule has 0 fully saturated rings. The van der Waals surface area contributed by atoms with E-state index in [9.17, 15) is 4.79 Å². The van der Waals surface area contributed by atoms with Crippen LogP contribution in [0, 0.1) is 0 Å². The lowest BCUT2D eigenvalue weighted by atomic mass is 10.1. The Bertz CT molecular complexity index is 1180.